The molecule has 3 heterocycles. The van der Waals surface area contributed by atoms with Crippen LogP contribution >= 0.6 is 11.3 Å². The highest BCUT2D eigenvalue weighted by molar-refractivity contribution is 7.15. The molecule has 9 heteroatoms. The molecule has 0 unspecified atom stereocenters. The lowest BCUT2D eigenvalue weighted by atomic mass is 9.98. The van der Waals surface area contributed by atoms with Crippen LogP contribution in [0.3, 0.4) is 0 Å². The molecule has 1 aliphatic heterocycles. The molecule has 0 aliphatic carbocycles. The first-order valence-electron chi connectivity index (χ1n) is 9.51. The number of aryl methyl sites for hydroxylation is 1. The number of ether oxygens (including phenoxy) is 1. The molecule has 1 fully saturated rings. The fourth-order valence-electron chi connectivity index (χ4n) is 3.21. The third kappa shape index (κ3) is 3.93. The van der Waals surface area contributed by atoms with Crippen molar-refractivity contribution in [3.05, 3.63) is 57.9 Å². The number of nitrogens with two attached hydrogens (primary N) is 1. The summed E-state index contributed by atoms with van der Waals surface area (Å²) in [6, 6.07) is 7.02. The third-order valence-electron chi connectivity index (χ3n) is 4.86. The van der Waals surface area contributed by atoms with Crippen molar-refractivity contribution in [2.75, 3.05) is 31.2 Å². The maximum atomic E-state index is 13.5. The number of rotatable bonds is 5. The summed E-state index contributed by atoms with van der Waals surface area (Å²) in [5.41, 5.74) is 8.11. The summed E-state index contributed by atoms with van der Waals surface area (Å²) in [5, 5.41) is 10.1. The molecule has 152 valence electrons. The lowest BCUT2D eigenvalue weighted by molar-refractivity contribution is 0.103. The molecule has 0 radical (unpaired) electrons. The number of anilines is 1. The maximum absolute atomic E-state index is 13.5. The van der Waals surface area contributed by atoms with Crippen LogP contribution in [0.15, 0.2) is 30.6 Å². The predicted molar refractivity (Wildman–Crippen MR) is 113 cm³/mol. The number of carbonyl (C=O) groups excluding carboxylic acids is 1. The van der Waals surface area contributed by atoms with Crippen LogP contribution in [0.1, 0.15) is 32.1 Å². The van der Waals surface area contributed by atoms with Crippen LogP contribution in [0.4, 0.5) is 5.13 Å². The first-order chi connectivity index (χ1) is 14.6. The number of aromatic nitrogens is 3. The van der Waals surface area contributed by atoms with Crippen molar-refractivity contribution in [1.82, 2.24) is 15.0 Å². The predicted octanol–water partition coefficient (Wildman–Crippen LogP) is 2.31. The van der Waals surface area contributed by atoms with Gasteiger partial charge in [0.15, 0.2) is 11.0 Å². The molecule has 4 rings (SSSR count). The average Bonchev–Trinajstić information content (AvgIpc) is 3.20. The van der Waals surface area contributed by atoms with Gasteiger partial charge >= 0.3 is 0 Å². The molecule has 2 aromatic heterocycles. The summed E-state index contributed by atoms with van der Waals surface area (Å²) >= 11 is 1.49. The number of nitrogens with zero attached hydrogens (tertiary/aromatic N) is 5. The van der Waals surface area contributed by atoms with Crippen LogP contribution in [0.5, 0.6) is 0 Å². The second-order valence-electron chi connectivity index (χ2n) is 6.82. The van der Waals surface area contributed by atoms with Gasteiger partial charge in [0, 0.05) is 53.6 Å². The van der Waals surface area contributed by atoms with Crippen molar-refractivity contribution in [3.63, 3.8) is 0 Å². The van der Waals surface area contributed by atoms with Gasteiger partial charge in [-0.3, -0.25) is 4.79 Å². The van der Waals surface area contributed by atoms with Gasteiger partial charge in [0.2, 0.25) is 5.78 Å². The van der Waals surface area contributed by atoms with Crippen molar-refractivity contribution in [1.29, 1.82) is 5.26 Å². The van der Waals surface area contributed by atoms with Gasteiger partial charge in [0.05, 0.1) is 24.8 Å². The molecule has 0 spiro atoms. The fourth-order valence-corrected chi connectivity index (χ4v) is 4.16. The summed E-state index contributed by atoms with van der Waals surface area (Å²) in [6.07, 6.45) is 3.28. The Kier molecular flexibility index (Phi) is 5.81. The first-order valence-corrected chi connectivity index (χ1v) is 10.3. The number of hydrogen-bond donors (Lipinski definition) is 1. The number of morpholine rings is 1. The Balaban J connectivity index is 1.74. The molecule has 1 aromatic carbocycles. The molecular formula is C21H20N6O2S. The van der Waals surface area contributed by atoms with E-state index in [1.54, 1.807) is 30.6 Å². The fraction of sp³-hybridized carbons (Fsp3) is 0.286. The lowest BCUT2D eigenvalue weighted by Gasteiger charge is -2.26. The number of nitriles is 1. The van der Waals surface area contributed by atoms with Crippen LogP contribution in [-0.2, 0) is 11.3 Å². The highest BCUT2D eigenvalue weighted by atomic mass is 32.1. The molecule has 2 N–H and O–H groups in total. The Morgan fingerprint density at radius 3 is 2.70 bits per heavy atom. The van der Waals surface area contributed by atoms with Gasteiger partial charge in [-0.05, 0) is 25.1 Å². The molecule has 30 heavy (non-hydrogen) atoms. The smallest absolute Gasteiger partial charge is 0.213 e. The minimum Gasteiger partial charge on any atom is -0.378 e. The Morgan fingerprint density at radius 1 is 1.30 bits per heavy atom. The molecule has 0 atom stereocenters. The molecule has 1 aliphatic rings. The van der Waals surface area contributed by atoms with Crippen LogP contribution in [-0.4, -0.2) is 47.0 Å². The highest BCUT2D eigenvalue weighted by Crippen LogP contribution is 2.30. The van der Waals surface area contributed by atoms with E-state index in [1.807, 2.05) is 6.92 Å². The van der Waals surface area contributed by atoms with Crippen molar-refractivity contribution < 1.29 is 9.53 Å². The Hall–Kier alpha value is -3.19. The highest BCUT2D eigenvalue weighted by Gasteiger charge is 2.24. The van der Waals surface area contributed by atoms with E-state index in [1.165, 1.54) is 11.3 Å². The number of hydrogen-bond acceptors (Lipinski definition) is 9. The van der Waals surface area contributed by atoms with Gasteiger partial charge in [-0.15, -0.1) is 11.3 Å². The zero-order chi connectivity index (χ0) is 21.1. The molecule has 1 saturated heterocycles. The van der Waals surface area contributed by atoms with E-state index >= 15 is 0 Å². The Bertz CT molecular complexity index is 1110. The van der Waals surface area contributed by atoms with Crippen LogP contribution in [0.25, 0.3) is 11.4 Å². The van der Waals surface area contributed by atoms with Gasteiger partial charge in [0.25, 0.3) is 0 Å². The molecule has 0 amide bonds. The maximum Gasteiger partial charge on any atom is 0.213 e. The van der Waals surface area contributed by atoms with E-state index in [4.69, 9.17) is 10.5 Å². The van der Waals surface area contributed by atoms with Crippen molar-refractivity contribution in [3.8, 4) is 17.5 Å². The second kappa shape index (κ2) is 8.67. The zero-order valence-corrected chi connectivity index (χ0v) is 17.3. The Labute approximate surface area is 178 Å². The molecule has 0 saturated carbocycles. The summed E-state index contributed by atoms with van der Waals surface area (Å²) in [6.45, 7) is 5.00. The minimum absolute atomic E-state index is 0.248. The van der Waals surface area contributed by atoms with Gasteiger partial charge < -0.3 is 15.4 Å². The van der Waals surface area contributed by atoms with E-state index in [0.29, 0.717) is 48.0 Å². The summed E-state index contributed by atoms with van der Waals surface area (Å²) in [4.78, 5) is 29.7. The van der Waals surface area contributed by atoms with E-state index in [9.17, 15) is 10.1 Å². The first kappa shape index (κ1) is 20.1. The standard InChI is InChI=1S/C21H20N6O2S/c1-13-18(26-21(30-13)27-4-6-29-7-5-27)19(28)17-8-14(9-22)2-3-16(17)20-24-11-15(10-23)12-25-20/h2-3,8,11-12H,4-7,10,23H2,1H3. The zero-order valence-electron chi connectivity index (χ0n) is 16.5. The van der Waals surface area contributed by atoms with Gasteiger partial charge in [-0.2, -0.15) is 5.26 Å². The van der Waals surface area contributed by atoms with Gasteiger partial charge in [-0.1, -0.05) is 0 Å². The number of ketones is 1. The third-order valence-corrected chi connectivity index (χ3v) is 5.89. The number of benzene rings is 1. The topological polar surface area (TPSA) is 118 Å². The summed E-state index contributed by atoms with van der Waals surface area (Å²) in [5.74, 6) is 0.156. The monoisotopic (exact) mass is 420 g/mol. The van der Waals surface area contributed by atoms with Crippen molar-refractivity contribution in [2.24, 2.45) is 5.73 Å². The van der Waals surface area contributed by atoms with E-state index in [-0.39, 0.29) is 5.78 Å². The van der Waals surface area contributed by atoms with Gasteiger partial charge in [0.1, 0.15) is 5.69 Å². The number of carbonyl (C=O) groups is 1. The Morgan fingerprint density at radius 2 is 2.03 bits per heavy atom. The van der Waals surface area contributed by atoms with Crippen LogP contribution < -0.4 is 10.6 Å². The minimum atomic E-state index is -0.248. The molecule has 3 aromatic rings. The quantitative estimate of drug-likeness (QED) is 0.625. The molecular weight excluding hydrogens is 400 g/mol. The van der Waals surface area contributed by atoms with Crippen LogP contribution in [0.2, 0.25) is 0 Å². The summed E-state index contributed by atoms with van der Waals surface area (Å²) < 4.78 is 5.40. The van der Waals surface area contributed by atoms with E-state index in [0.717, 1.165) is 28.7 Å². The second-order valence-corrected chi connectivity index (χ2v) is 8.00. The van der Waals surface area contributed by atoms with Crippen molar-refractivity contribution in [2.45, 2.75) is 13.5 Å². The van der Waals surface area contributed by atoms with E-state index in [2.05, 4.69) is 25.9 Å². The van der Waals surface area contributed by atoms with Gasteiger partial charge in [-0.25, -0.2) is 15.0 Å². The molecule has 0 bridgehead atoms. The van der Waals surface area contributed by atoms with Crippen LogP contribution in [0, 0.1) is 18.3 Å². The lowest BCUT2D eigenvalue weighted by Crippen LogP contribution is -2.36. The van der Waals surface area contributed by atoms with Crippen molar-refractivity contribution >= 4 is 22.3 Å². The molecule has 8 nitrogen and oxygen atoms in total. The normalized spacial score (nSPS) is 13.8. The number of thiazole rings is 1. The summed E-state index contributed by atoms with van der Waals surface area (Å²) in [7, 11) is 0. The van der Waals surface area contributed by atoms with E-state index < -0.39 is 0 Å². The largest absolute Gasteiger partial charge is 0.378 e. The average molecular weight is 420 g/mol. The SMILES string of the molecule is Cc1sc(N2CCOCC2)nc1C(=O)c1cc(C#N)ccc1-c1ncc(CN)cn1.